The van der Waals surface area contributed by atoms with Gasteiger partial charge in [0.2, 0.25) is 5.91 Å². The van der Waals surface area contributed by atoms with Crippen molar-refractivity contribution in [2.24, 2.45) is 0 Å². The van der Waals surface area contributed by atoms with Crippen LogP contribution in [0.1, 0.15) is 76.7 Å². The van der Waals surface area contributed by atoms with Gasteiger partial charge in [0.25, 0.3) is 11.8 Å². The second-order valence-corrected chi connectivity index (χ2v) is 11.2. The number of hydrogen-bond acceptors (Lipinski definition) is 4. The van der Waals surface area contributed by atoms with E-state index in [-0.39, 0.29) is 23.3 Å². The highest BCUT2D eigenvalue weighted by Gasteiger charge is 2.44. The van der Waals surface area contributed by atoms with Crippen molar-refractivity contribution >= 4 is 23.4 Å². The number of carbonyl (C=O) groups excluding carboxylic acids is 3. The third-order valence-electron chi connectivity index (χ3n) is 8.28. The third kappa shape index (κ3) is 5.68. The highest BCUT2D eigenvalue weighted by atomic mass is 16.2. The normalized spacial score (nSPS) is 16.3. The van der Waals surface area contributed by atoms with E-state index in [0.717, 1.165) is 43.7 Å². The van der Waals surface area contributed by atoms with Crippen LogP contribution in [0.3, 0.4) is 0 Å². The van der Waals surface area contributed by atoms with Gasteiger partial charge in [-0.1, -0.05) is 43.5 Å². The van der Waals surface area contributed by atoms with Crippen molar-refractivity contribution in [1.82, 2.24) is 19.7 Å². The monoisotopic (exact) mass is 541 g/mol. The highest BCUT2D eigenvalue weighted by molar-refractivity contribution is 5.94. The molecule has 1 aromatic heterocycles. The molecule has 0 bridgehead atoms. The Labute approximate surface area is 236 Å². The maximum absolute atomic E-state index is 13.3. The molecule has 1 saturated carbocycles. The quantitative estimate of drug-likeness (QED) is 0.452. The molecule has 2 aliphatic rings. The second kappa shape index (κ2) is 11.7. The summed E-state index contributed by atoms with van der Waals surface area (Å²) in [5.41, 5.74) is 5.47. The van der Waals surface area contributed by atoms with E-state index in [1.54, 1.807) is 19.0 Å². The van der Waals surface area contributed by atoms with Crippen LogP contribution >= 0.6 is 0 Å². The van der Waals surface area contributed by atoms with Crippen LogP contribution in [0.15, 0.2) is 60.7 Å². The van der Waals surface area contributed by atoms with Crippen molar-refractivity contribution in [1.29, 1.82) is 0 Å². The topological polar surface area (TPSA) is 86.7 Å². The lowest BCUT2D eigenvalue weighted by Gasteiger charge is -2.50. The Morgan fingerprint density at radius 1 is 0.850 bits per heavy atom. The van der Waals surface area contributed by atoms with Crippen molar-refractivity contribution in [3.05, 3.63) is 88.7 Å². The first-order chi connectivity index (χ1) is 19.3. The number of anilines is 1. The van der Waals surface area contributed by atoms with Crippen LogP contribution in [0, 0.1) is 0 Å². The van der Waals surface area contributed by atoms with E-state index in [1.165, 1.54) is 37.4 Å². The van der Waals surface area contributed by atoms with Gasteiger partial charge in [-0.2, -0.15) is 0 Å². The Bertz CT molecular complexity index is 1370. The number of aromatic nitrogens is 1. The molecule has 1 spiro atoms. The Kier molecular flexibility index (Phi) is 8.07. The van der Waals surface area contributed by atoms with Crippen LogP contribution in [0.4, 0.5) is 5.69 Å². The summed E-state index contributed by atoms with van der Waals surface area (Å²) in [6.07, 6.45) is 5.75. The molecule has 1 aliphatic carbocycles. The molecule has 8 heteroatoms. The first-order valence-corrected chi connectivity index (χ1v) is 14.2. The fourth-order valence-corrected chi connectivity index (χ4v) is 6.26. The molecule has 40 heavy (non-hydrogen) atoms. The summed E-state index contributed by atoms with van der Waals surface area (Å²) >= 11 is 0. The summed E-state index contributed by atoms with van der Waals surface area (Å²) in [7, 11) is 3.54. The average Bonchev–Trinajstić information content (AvgIpc) is 3.40. The summed E-state index contributed by atoms with van der Waals surface area (Å²) in [6.45, 7) is 4.34. The van der Waals surface area contributed by atoms with Gasteiger partial charge < -0.3 is 20.1 Å². The molecular weight excluding hydrogens is 502 g/mol. The number of hydrogen-bond donors (Lipinski definition) is 2. The molecule has 0 radical (unpaired) electrons. The zero-order valence-corrected chi connectivity index (χ0v) is 23.7. The zero-order valence-electron chi connectivity index (χ0n) is 23.7. The van der Waals surface area contributed by atoms with Crippen LogP contribution < -0.4 is 10.6 Å². The molecule has 0 unspecified atom stereocenters. The minimum absolute atomic E-state index is 0.0129. The molecule has 5 rings (SSSR count). The lowest BCUT2D eigenvalue weighted by atomic mass is 9.76. The molecule has 1 aliphatic heterocycles. The minimum Gasteiger partial charge on any atom is -0.347 e. The molecule has 8 nitrogen and oxygen atoms in total. The number of nitrogens with one attached hydrogen (secondary N) is 2. The summed E-state index contributed by atoms with van der Waals surface area (Å²) in [4.78, 5) is 41.1. The van der Waals surface area contributed by atoms with Crippen molar-refractivity contribution in [2.75, 3.05) is 26.0 Å². The van der Waals surface area contributed by atoms with Gasteiger partial charge in [0.1, 0.15) is 5.69 Å². The van der Waals surface area contributed by atoms with Crippen molar-refractivity contribution in [2.45, 2.75) is 64.2 Å². The van der Waals surface area contributed by atoms with Gasteiger partial charge >= 0.3 is 0 Å². The third-order valence-corrected chi connectivity index (χ3v) is 8.28. The van der Waals surface area contributed by atoms with E-state index in [9.17, 15) is 14.4 Å². The largest absolute Gasteiger partial charge is 0.347 e. The SMILES string of the molecule is CC(=O)Nc1ccc(CNC(=O)c2ccc3n2CCN(Cc2ccc(C(=O)N(C)C)cc2)C32CCCCC2)cc1. The number of carbonyl (C=O) groups is 3. The van der Waals surface area contributed by atoms with E-state index in [2.05, 4.69) is 38.3 Å². The minimum atomic E-state index is -0.109. The van der Waals surface area contributed by atoms with Crippen LogP contribution in [-0.4, -0.2) is 52.7 Å². The number of benzene rings is 2. The van der Waals surface area contributed by atoms with Crippen LogP contribution in [0.5, 0.6) is 0 Å². The Balaban J connectivity index is 1.31. The molecule has 210 valence electrons. The van der Waals surface area contributed by atoms with E-state index >= 15 is 0 Å². The predicted octanol–water partition coefficient (Wildman–Crippen LogP) is 4.75. The van der Waals surface area contributed by atoms with Gasteiger partial charge in [-0.05, 0) is 60.4 Å². The molecule has 0 saturated heterocycles. The van der Waals surface area contributed by atoms with Gasteiger partial charge in [-0.15, -0.1) is 0 Å². The lowest BCUT2D eigenvalue weighted by Crippen LogP contribution is -2.53. The first-order valence-electron chi connectivity index (χ1n) is 14.2. The summed E-state index contributed by atoms with van der Waals surface area (Å²) in [6, 6.07) is 19.6. The van der Waals surface area contributed by atoms with E-state index < -0.39 is 0 Å². The van der Waals surface area contributed by atoms with Crippen LogP contribution in [0.25, 0.3) is 0 Å². The van der Waals surface area contributed by atoms with Gasteiger partial charge in [-0.3, -0.25) is 19.3 Å². The summed E-state index contributed by atoms with van der Waals surface area (Å²) < 4.78 is 2.23. The zero-order chi connectivity index (χ0) is 28.3. The van der Waals surface area contributed by atoms with Gasteiger partial charge in [0.05, 0.1) is 5.54 Å². The predicted molar refractivity (Wildman–Crippen MR) is 156 cm³/mol. The Morgan fingerprint density at radius 2 is 1.52 bits per heavy atom. The standard InChI is InChI=1S/C32H39N5O3/c1-23(38)34-27-13-9-24(10-14-27)21-33-30(39)28-15-16-29-32(17-5-4-6-18-32)36(19-20-37(28)29)22-25-7-11-26(12-8-25)31(40)35(2)3/h7-16H,4-6,17-22H2,1-3H3,(H,33,39)(H,34,38). The van der Waals surface area contributed by atoms with Gasteiger partial charge in [0.15, 0.2) is 0 Å². The maximum Gasteiger partial charge on any atom is 0.268 e. The fourth-order valence-electron chi connectivity index (χ4n) is 6.26. The Morgan fingerprint density at radius 3 is 2.17 bits per heavy atom. The van der Waals surface area contributed by atoms with Crippen LogP contribution in [-0.2, 0) is 30.0 Å². The lowest BCUT2D eigenvalue weighted by molar-refractivity contribution is -0.114. The molecular formula is C32H39N5O3. The second-order valence-electron chi connectivity index (χ2n) is 11.2. The molecule has 3 aromatic rings. The van der Waals surface area contributed by atoms with Crippen molar-refractivity contribution in [3.63, 3.8) is 0 Å². The molecule has 1 fully saturated rings. The maximum atomic E-state index is 13.3. The number of amides is 3. The van der Waals surface area contributed by atoms with Crippen molar-refractivity contribution in [3.8, 4) is 0 Å². The molecule has 2 heterocycles. The summed E-state index contributed by atoms with van der Waals surface area (Å²) in [5.74, 6) is -0.167. The number of rotatable bonds is 7. The number of nitrogens with zero attached hydrogens (tertiary/aromatic N) is 3. The van der Waals surface area contributed by atoms with E-state index in [1.807, 2.05) is 42.5 Å². The Hall–Kier alpha value is -3.91. The number of fused-ring (bicyclic) bond motifs is 2. The summed E-state index contributed by atoms with van der Waals surface area (Å²) in [5, 5.41) is 5.85. The molecule has 2 aromatic carbocycles. The molecule has 0 atom stereocenters. The van der Waals surface area contributed by atoms with Crippen molar-refractivity contribution < 1.29 is 14.4 Å². The molecule has 3 amide bonds. The highest BCUT2D eigenvalue weighted by Crippen LogP contribution is 2.45. The van der Waals surface area contributed by atoms with E-state index in [0.29, 0.717) is 17.8 Å². The van der Waals surface area contributed by atoms with Crippen LogP contribution in [0.2, 0.25) is 0 Å². The average molecular weight is 542 g/mol. The first kappa shape index (κ1) is 27.6. The molecule has 2 N–H and O–H groups in total. The smallest absolute Gasteiger partial charge is 0.268 e. The van der Waals surface area contributed by atoms with E-state index in [4.69, 9.17) is 0 Å². The van der Waals surface area contributed by atoms with Gasteiger partial charge in [-0.25, -0.2) is 0 Å². The van der Waals surface area contributed by atoms with Gasteiger partial charge in [0, 0.05) is 64.1 Å². The fraction of sp³-hybridized carbons (Fsp3) is 0.406.